The minimum Gasteiger partial charge on any atom is -0.389 e. The summed E-state index contributed by atoms with van der Waals surface area (Å²) >= 11 is 0. The average Bonchev–Trinajstić information content (AvgIpc) is 3.53. The molecular formula is C22H43IN4O2. The van der Waals surface area contributed by atoms with Gasteiger partial charge in [0.15, 0.2) is 5.96 Å². The van der Waals surface area contributed by atoms with Gasteiger partial charge in [0.25, 0.3) is 0 Å². The van der Waals surface area contributed by atoms with Crippen LogP contribution in [0.4, 0.5) is 0 Å². The number of rotatable bonds is 10. The lowest BCUT2D eigenvalue weighted by Gasteiger charge is -2.36. The first-order valence-electron chi connectivity index (χ1n) is 11.8. The number of ether oxygens (including phenoxy) is 1. The Labute approximate surface area is 194 Å². The number of aliphatic hydroxyl groups is 1. The Morgan fingerprint density at radius 2 is 1.79 bits per heavy atom. The molecule has 170 valence electrons. The fourth-order valence-corrected chi connectivity index (χ4v) is 4.41. The van der Waals surface area contributed by atoms with Crippen LogP contribution in [0, 0.1) is 11.8 Å². The molecule has 3 rings (SSSR count). The van der Waals surface area contributed by atoms with Crippen LogP contribution in [0.3, 0.4) is 0 Å². The van der Waals surface area contributed by atoms with Gasteiger partial charge < -0.3 is 25.4 Å². The second kappa shape index (κ2) is 14.0. The van der Waals surface area contributed by atoms with Gasteiger partial charge in [0, 0.05) is 38.8 Å². The van der Waals surface area contributed by atoms with E-state index in [0.29, 0.717) is 19.2 Å². The van der Waals surface area contributed by atoms with Crippen molar-refractivity contribution in [2.24, 2.45) is 16.8 Å². The van der Waals surface area contributed by atoms with E-state index < -0.39 is 6.10 Å². The summed E-state index contributed by atoms with van der Waals surface area (Å²) in [6.07, 6.45) is 11.6. The molecule has 3 N–H and O–H groups in total. The molecule has 2 saturated carbocycles. The fraction of sp³-hybridized carbons (Fsp3) is 0.955. The summed E-state index contributed by atoms with van der Waals surface area (Å²) in [7, 11) is 0. The van der Waals surface area contributed by atoms with Crippen LogP contribution in [0.1, 0.15) is 64.7 Å². The molecule has 0 spiro atoms. The van der Waals surface area contributed by atoms with Crippen LogP contribution in [0.25, 0.3) is 0 Å². The lowest BCUT2D eigenvalue weighted by Crippen LogP contribution is -2.49. The molecule has 0 aromatic carbocycles. The quantitative estimate of drug-likeness (QED) is 0.234. The number of guanidine groups is 1. The van der Waals surface area contributed by atoms with Gasteiger partial charge in [0.05, 0.1) is 19.3 Å². The highest BCUT2D eigenvalue weighted by Crippen LogP contribution is 2.28. The molecule has 1 unspecified atom stereocenters. The van der Waals surface area contributed by atoms with Gasteiger partial charge in [-0.2, -0.15) is 0 Å². The Hall–Kier alpha value is -0.120. The number of halogens is 1. The second-order valence-electron chi connectivity index (χ2n) is 9.08. The van der Waals surface area contributed by atoms with E-state index in [4.69, 9.17) is 4.74 Å². The van der Waals surface area contributed by atoms with Crippen molar-refractivity contribution < 1.29 is 9.84 Å². The highest BCUT2D eigenvalue weighted by molar-refractivity contribution is 14.0. The molecule has 1 saturated heterocycles. The summed E-state index contributed by atoms with van der Waals surface area (Å²) in [6.45, 7) is 8.15. The number of hydrogen-bond acceptors (Lipinski definition) is 4. The minimum absolute atomic E-state index is 0. The number of hydrogen-bond donors (Lipinski definition) is 3. The van der Waals surface area contributed by atoms with Gasteiger partial charge in [0.1, 0.15) is 0 Å². The topological polar surface area (TPSA) is 69.1 Å². The van der Waals surface area contributed by atoms with Crippen molar-refractivity contribution in [2.75, 3.05) is 45.9 Å². The van der Waals surface area contributed by atoms with Crippen LogP contribution in [0.15, 0.2) is 4.99 Å². The second-order valence-corrected chi connectivity index (χ2v) is 9.08. The summed E-state index contributed by atoms with van der Waals surface area (Å²) in [5.74, 6) is 2.49. The first-order valence-corrected chi connectivity index (χ1v) is 11.8. The first-order chi connectivity index (χ1) is 13.7. The molecule has 0 bridgehead atoms. The number of aliphatic hydroxyl groups excluding tert-OH is 1. The number of likely N-dealkylation sites (tertiary alicyclic amines) is 1. The monoisotopic (exact) mass is 522 g/mol. The summed E-state index contributed by atoms with van der Waals surface area (Å²) in [6, 6.07) is 0.476. The summed E-state index contributed by atoms with van der Waals surface area (Å²) in [5.41, 5.74) is 0. The minimum atomic E-state index is -0.522. The van der Waals surface area contributed by atoms with Crippen molar-refractivity contribution in [1.29, 1.82) is 0 Å². The van der Waals surface area contributed by atoms with E-state index in [2.05, 4.69) is 27.4 Å². The number of piperidine rings is 1. The molecule has 0 amide bonds. The Kier molecular flexibility index (Phi) is 12.2. The normalized spacial score (nSPS) is 23.4. The molecule has 2 aliphatic carbocycles. The van der Waals surface area contributed by atoms with Crippen LogP contribution in [-0.2, 0) is 4.74 Å². The van der Waals surface area contributed by atoms with Gasteiger partial charge in [0.2, 0.25) is 0 Å². The number of nitrogens with zero attached hydrogens (tertiary/aromatic N) is 2. The van der Waals surface area contributed by atoms with E-state index in [1.54, 1.807) is 0 Å². The summed E-state index contributed by atoms with van der Waals surface area (Å²) in [5, 5.41) is 17.0. The molecule has 0 aromatic rings. The van der Waals surface area contributed by atoms with E-state index >= 15 is 0 Å². The SMILES string of the molecule is CCNC(=NCC(O)COCC1CC1)NC1CCN(CC2CCCCC2)CC1.I. The average molecular weight is 523 g/mol. The summed E-state index contributed by atoms with van der Waals surface area (Å²) < 4.78 is 5.57. The molecule has 6 nitrogen and oxygen atoms in total. The smallest absolute Gasteiger partial charge is 0.191 e. The highest BCUT2D eigenvalue weighted by Gasteiger charge is 2.24. The van der Waals surface area contributed by atoms with Crippen molar-refractivity contribution in [3.8, 4) is 0 Å². The third kappa shape index (κ3) is 10.2. The standard InChI is InChI=1S/C22H42N4O2.HI/c1-2-23-22(24-14-21(27)17-28-16-19-8-9-19)25-20-10-12-26(13-11-20)15-18-6-4-3-5-7-18;/h18-21,27H,2-17H2,1H3,(H2,23,24,25);1H. The maximum absolute atomic E-state index is 10.1. The maximum atomic E-state index is 10.1. The van der Waals surface area contributed by atoms with E-state index in [9.17, 15) is 5.11 Å². The van der Waals surface area contributed by atoms with Gasteiger partial charge >= 0.3 is 0 Å². The highest BCUT2D eigenvalue weighted by atomic mass is 127. The molecule has 1 heterocycles. The number of nitrogens with one attached hydrogen (secondary N) is 2. The van der Waals surface area contributed by atoms with Crippen LogP contribution in [0.2, 0.25) is 0 Å². The summed E-state index contributed by atoms with van der Waals surface area (Å²) in [4.78, 5) is 7.25. The third-order valence-corrected chi connectivity index (χ3v) is 6.33. The maximum Gasteiger partial charge on any atom is 0.191 e. The van der Waals surface area contributed by atoms with Crippen LogP contribution in [0.5, 0.6) is 0 Å². The van der Waals surface area contributed by atoms with E-state index in [-0.39, 0.29) is 24.0 Å². The molecule has 3 fully saturated rings. The van der Waals surface area contributed by atoms with Gasteiger partial charge in [-0.3, -0.25) is 4.99 Å². The fourth-order valence-electron chi connectivity index (χ4n) is 4.41. The largest absolute Gasteiger partial charge is 0.389 e. The van der Waals surface area contributed by atoms with E-state index in [1.807, 2.05) is 0 Å². The van der Waals surface area contributed by atoms with Crippen molar-refractivity contribution >= 4 is 29.9 Å². The molecule has 1 atom stereocenters. The Bertz CT molecular complexity index is 462. The molecule has 29 heavy (non-hydrogen) atoms. The van der Waals surface area contributed by atoms with Crippen LogP contribution >= 0.6 is 24.0 Å². The van der Waals surface area contributed by atoms with Crippen molar-refractivity contribution in [1.82, 2.24) is 15.5 Å². The zero-order valence-corrected chi connectivity index (χ0v) is 20.6. The molecule has 3 aliphatic rings. The third-order valence-electron chi connectivity index (χ3n) is 6.33. The lowest BCUT2D eigenvalue weighted by atomic mass is 9.88. The van der Waals surface area contributed by atoms with Gasteiger partial charge in [-0.05, 0) is 57.3 Å². The predicted molar refractivity (Wildman–Crippen MR) is 130 cm³/mol. The van der Waals surface area contributed by atoms with Crippen LogP contribution < -0.4 is 10.6 Å². The van der Waals surface area contributed by atoms with Gasteiger partial charge in [-0.1, -0.05) is 19.3 Å². The van der Waals surface area contributed by atoms with Crippen molar-refractivity contribution in [2.45, 2.75) is 76.9 Å². The molecule has 0 aromatic heterocycles. The van der Waals surface area contributed by atoms with Gasteiger partial charge in [-0.15, -0.1) is 24.0 Å². The Morgan fingerprint density at radius 1 is 1.07 bits per heavy atom. The zero-order valence-electron chi connectivity index (χ0n) is 18.3. The van der Waals surface area contributed by atoms with E-state index in [0.717, 1.165) is 30.9 Å². The molecule has 1 aliphatic heterocycles. The lowest BCUT2D eigenvalue weighted by molar-refractivity contribution is 0.0368. The molecular weight excluding hydrogens is 479 g/mol. The van der Waals surface area contributed by atoms with Gasteiger partial charge in [-0.25, -0.2) is 0 Å². The number of aliphatic imine (C=N–C) groups is 1. The molecule has 0 radical (unpaired) electrons. The predicted octanol–water partition coefficient (Wildman–Crippen LogP) is 2.99. The zero-order chi connectivity index (χ0) is 19.6. The van der Waals surface area contributed by atoms with Crippen molar-refractivity contribution in [3.63, 3.8) is 0 Å². The Balaban J connectivity index is 0.00000300. The van der Waals surface area contributed by atoms with Crippen molar-refractivity contribution in [3.05, 3.63) is 0 Å². The first kappa shape index (κ1) is 25.1. The molecule has 7 heteroatoms. The van der Waals surface area contributed by atoms with Crippen LogP contribution in [-0.4, -0.2) is 74.0 Å². The Morgan fingerprint density at radius 3 is 2.45 bits per heavy atom. The van der Waals surface area contributed by atoms with E-state index in [1.165, 1.54) is 77.4 Å².